The minimum absolute atomic E-state index is 0.0345. The topological polar surface area (TPSA) is 76.4 Å². The molecule has 1 fully saturated rings. The van der Waals surface area contributed by atoms with Crippen LogP contribution in [0.5, 0.6) is 0 Å². The Morgan fingerprint density at radius 1 is 1.37 bits per heavy atom. The van der Waals surface area contributed by atoms with Crippen LogP contribution < -0.4 is 16.4 Å². The van der Waals surface area contributed by atoms with Crippen molar-refractivity contribution in [3.8, 4) is 0 Å². The van der Waals surface area contributed by atoms with Gasteiger partial charge in [0, 0.05) is 29.9 Å². The number of hydrogen-bond acceptors (Lipinski definition) is 3. The zero-order valence-corrected chi connectivity index (χ0v) is 11.6. The van der Waals surface area contributed by atoms with Crippen molar-refractivity contribution in [3.05, 3.63) is 24.3 Å². The first-order valence-electron chi connectivity index (χ1n) is 6.39. The maximum Gasteiger partial charge on any atom is 0.319 e. The molecule has 1 saturated carbocycles. The molecule has 2 rings (SSSR count). The quantitative estimate of drug-likeness (QED) is 0.732. The average molecular weight is 263 g/mol. The van der Waals surface area contributed by atoms with Gasteiger partial charge in [0.25, 0.3) is 0 Å². The van der Waals surface area contributed by atoms with Crippen LogP contribution in [-0.2, 0) is 4.74 Å². The van der Waals surface area contributed by atoms with Gasteiger partial charge in [-0.25, -0.2) is 4.79 Å². The number of anilines is 2. The van der Waals surface area contributed by atoms with Crippen molar-refractivity contribution in [1.29, 1.82) is 0 Å². The Kier molecular flexibility index (Phi) is 3.66. The Hall–Kier alpha value is -1.75. The first kappa shape index (κ1) is 13.7. The first-order valence-corrected chi connectivity index (χ1v) is 6.39. The summed E-state index contributed by atoms with van der Waals surface area (Å²) < 4.78 is 5.36. The second-order valence-electron chi connectivity index (χ2n) is 5.55. The van der Waals surface area contributed by atoms with Gasteiger partial charge in [0.1, 0.15) is 0 Å². The van der Waals surface area contributed by atoms with Gasteiger partial charge in [-0.1, -0.05) is 13.8 Å². The number of amides is 2. The molecule has 0 saturated heterocycles. The molecule has 0 bridgehead atoms. The number of nitrogens with two attached hydrogens (primary N) is 1. The van der Waals surface area contributed by atoms with E-state index in [0.29, 0.717) is 5.69 Å². The van der Waals surface area contributed by atoms with E-state index in [1.54, 1.807) is 31.4 Å². The van der Waals surface area contributed by atoms with Gasteiger partial charge in [0.2, 0.25) is 0 Å². The number of nitrogens with one attached hydrogen (secondary N) is 2. The van der Waals surface area contributed by atoms with Crippen LogP contribution in [0.15, 0.2) is 24.3 Å². The van der Waals surface area contributed by atoms with Gasteiger partial charge >= 0.3 is 6.03 Å². The molecular weight excluding hydrogens is 242 g/mol. The molecule has 1 aliphatic rings. The van der Waals surface area contributed by atoms with Crippen molar-refractivity contribution < 1.29 is 9.53 Å². The Balaban J connectivity index is 1.87. The van der Waals surface area contributed by atoms with Crippen LogP contribution in [0.1, 0.15) is 20.3 Å². The number of hydrogen-bond donors (Lipinski definition) is 3. The number of rotatable bonds is 3. The molecule has 0 aliphatic heterocycles. The number of carbonyl (C=O) groups excluding carboxylic acids is 1. The fraction of sp³-hybridized carbons (Fsp3) is 0.500. The average Bonchev–Trinajstić information content (AvgIpc) is 2.37. The van der Waals surface area contributed by atoms with E-state index in [0.717, 1.165) is 12.1 Å². The molecule has 2 atom stereocenters. The van der Waals surface area contributed by atoms with Gasteiger partial charge in [-0.2, -0.15) is 0 Å². The highest BCUT2D eigenvalue weighted by molar-refractivity contribution is 5.89. The third-order valence-corrected chi connectivity index (χ3v) is 3.94. The molecule has 1 aromatic rings. The molecule has 4 N–H and O–H groups in total. The summed E-state index contributed by atoms with van der Waals surface area (Å²) in [6.07, 6.45) is 1.05. The summed E-state index contributed by atoms with van der Waals surface area (Å²) in [7, 11) is 1.71. The zero-order valence-electron chi connectivity index (χ0n) is 11.6. The minimum atomic E-state index is -0.197. The molecular formula is C14H21N3O2. The van der Waals surface area contributed by atoms with E-state index in [4.69, 9.17) is 10.5 Å². The second-order valence-corrected chi connectivity index (χ2v) is 5.55. The lowest BCUT2D eigenvalue weighted by molar-refractivity contribution is -0.0931. The van der Waals surface area contributed by atoms with Crippen LogP contribution in [-0.4, -0.2) is 25.3 Å². The van der Waals surface area contributed by atoms with Crippen LogP contribution >= 0.6 is 0 Å². The Morgan fingerprint density at radius 3 is 2.53 bits per heavy atom. The van der Waals surface area contributed by atoms with Crippen molar-refractivity contribution in [1.82, 2.24) is 5.32 Å². The number of urea groups is 1. The molecule has 1 aliphatic carbocycles. The van der Waals surface area contributed by atoms with Crippen LogP contribution in [0.2, 0.25) is 0 Å². The van der Waals surface area contributed by atoms with Gasteiger partial charge in [0.05, 0.1) is 6.10 Å². The number of methoxy groups -OCH3 is 1. The molecule has 0 heterocycles. The van der Waals surface area contributed by atoms with E-state index in [-0.39, 0.29) is 23.6 Å². The Labute approximate surface area is 113 Å². The standard InChI is InChI=1S/C14H21N3O2/c1-14(2)11(8-12(14)19-3)17-13(18)16-10-6-4-9(15)5-7-10/h4-7,11-12H,8,15H2,1-3H3,(H2,16,17,18). The largest absolute Gasteiger partial charge is 0.399 e. The maximum atomic E-state index is 11.9. The molecule has 0 spiro atoms. The van der Waals surface area contributed by atoms with Crippen LogP contribution in [0.25, 0.3) is 0 Å². The van der Waals surface area contributed by atoms with Gasteiger partial charge in [0.15, 0.2) is 0 Å². The second kappa shape index (κ2) is 5.09. The van der Waals surface area contributed by atoms with E-state index in [1.165, 1.54) is 0 Å². The number of carbonyl (C=O) groups is 1. The summed E-state index contributed by atoms with van der Waals surface area (Å²) in [6.45, 7) is 4.19. The predicted molar refractivity (Wildman–Crippen MR) is 76.0 cm³/mol. The van der Waals surface area contributed by atoms with Crippen LogP contribution in [0, 0.1) is 5.41 Å². The van der Waals surface area contributed by atoms with Gasteiger partial charge in [-0.05, 0) is 30.7 Å². The fourth-order valence-electron chi connectivity index (χ4n) is 2.42. The van der Waals surface area contributed by atoms with E-state index in [2.05, 4.69) is 24.5 Å². The third kappa shape index (κ3) is 2.81. The minimum Gasteiger partial charge on any atom is -0.399 e. The molecule has 5 nitrogen and oxygen atoms in total. The van der Waals surface area contributed by atoms with Crippen LogP contribution in [0.3, 0.4) is 0 Å². The highest BCUT2D eigenvalue weighted by atomic mass is 16.5. The third-order valence-electron chi connectivity index (χ3n) is 3.94. The van der Waals surface area contributed by atoms with Gasteiger partial charge in [-0.15, -0.1) is 0 Å². The van der Waals surface area contributed by atoms with Crippen molar-refractivity contribution in [2.24, 2.45) is 5.41 Å². The van der Waals surface area contributed by atoms with Gasteiger partial charge in [-0.3, -0.25) is 0 Å². The van der Waals surface area contributed by atoms with Crippen molar-refractivity contribution in [3.63, 3.8) is 0 Å². The summed E-state index contributed by atoms with van der Waals surface area (Å²) in [5.41, 5.74) is 6.96. The number of benzene rings is 1. The lowest BCUT2D eigenvalue weighted by Gasteiger charge is -2.51. The van der Waals surface area contributed by atoms with E-state index >= 15 is 0 Å². The molecule has 2 amide bonds. The van der Waals surface area contributed by atoms with E-state index in [9.17, 15) is 4.79 Å². The molecule has 1 aromatic carbocycles. The van der Waals surface area contributed by atoms with Crippen molar-refractivity contribution >= 4 is 17.4 Å². The molecule has 104 valence electrons. The summed E-state index contributed by atoms with van der Waals surface area (Å²) in [5, 5.41) is 5.77. The first-order chi connectivity index (χ1) is 8.93. The smallest absolute Gasteiger partial charge is 0.319 e. The van der Waals surface area contributed by atoms with E-state index in [1.807, 2.05) is 0 Å². The SMILES string of the molecule is COC1CC(NC(=O)Nc2ccc(N)cc2)C1(C)C. The van der Waals surface area contributed by atoms with Crippen molar-refractivity contribution in [2.75, 3.05) is 18.2 Å². The summed E-state index contributed by atoms with van der Waals surface area (Å²) in [5.74, 6) is 0. The maximum absolute atomic E-state index is 11.9. The number of nitrogen functional groups attached to an aromatic ring is 1. The normalized spacial score (nSPS) is 24.4. The fourth-order valence-corrected chi connectivity index (χ4v) is 2.42. The number of ether oxygens (including phenoxy) is 1. The molecule has 5 heteroatoms. The Morgan fingerprint density at radius 2 is 2.00 bits per heavy atom. The highest BCUT2D eigenvalue weighted by Gasteiger charge is 2.49. The molecule has 2 unspecified atom stereocenters. The zero-order chi connectivity index (χ0) is 14.0. The van der Waals surface area contributed by atoms with E-state index < -0.39 is 0 Å². The monoisotopic (exact) mass is 263 g/mol. The Bertz CT molecular complexity index is 456. The summed E-state index contributed by atoms with van der Waals surface area (Å²) >= 11 is 0. The predicted octanol–water partition coefficient (Wildman–Crippen LogP) is 2.20. The lowest BCUT2D eigenvalue weighted by atomic mass is 9.64. The van der Waals surface area contributed by atoms with Crippen LogP contribution in [0.4, 0.5) is 16.2 Å². The lowest BCUT2D eigenvalue weighted by Crippen LogP contribution is -2.62. The summed E-state index contributed by atoms with van der Waals surface area (Å²) in [6, 6.07) is 6.99. The molecule has 0 radical (unpaired) electrons. The summed E-state index contributed by atoms with van der Waals surface area (Å²) in [4.78, 5) is 11.9. The highest BCUT2D eigenvalue weighted by Crippen LogP contribution is 2.42. The van der Waals surface area contributed by atoms with Gasteiger partial charge < -0.3 is 21.1 Å². The van der Waals surface area contributed by atoms with Crippen molar-refractivity contribution in [2.45, 2.75) is 32.4 Å². The molecule has 19 heavy (non-hydrogen) atoms. The molecule has 0 aromatic heterocycles.